The molecule has 0 saturated carbocycles. The van der Waals surface area contributed by atoms with Gasteiger partial charge in [0, 0.05) is 13.2 Å². The lowest BCUT2D eigenvalue weighted by Crippen LogP contribution is -2.35. The van der Waals surface area contributed by atoms with Crippen LogP contribution in [0, 0.1) is 0 Å². The standard InChI is InChI=1S/C8H15NO2S/c1-4-10-8(3,11-5-2)6-9-7-12/h4-6H2,1-3H3. The molecule has 0 aromatic rings. The number of aliphatic imine (C=N–C) groups is 1. The lowest BCUT2D eigenvalue weighted by molar-refractivity contribution is -0.212. The van der Waals surface area contributed by atoms with E-state index in [4.69, 9.17) is 9.47 Å². The van der Waals surface area contributed by atoms with Crippen molar-refractivity contribution in [3.63, 3.8) is 0 Å². The maximum Gasteiger partial charge on any atom is 0.185 e. The highest BCUT2D eigenvalue weighted by Crippen LogP contribution is 2.12. The highest BCUT2D eigenvalue weighted by molar-refractivity contribution is 7.78. The number of hydrogen-bond donors (Lipinski definition) is 0. The van der Waals surface area contributed by atoms with Crippen LogP contribution in [0.3, 0.4) is 0 Å². The van der Waals surface area contributed by atoms with Crippen LogP contribution < -0.4 is 0 Å². The second-order valence-corrected chi connectivity index (χ2v) is 2.59. The van der Waals surface area contributed by atoms with Crippen molar-refractivity contribution in [2.45, 2.75) is 26.6 Å². The summed E-state index contributed by atoms with van der Waals surface area (Å²) in [5, 5.41) is 2.29. The third-order valence-electron chi connectivity index (χ3n) is 1.33. The Morgan fingerprint density at radius 2 is 1.83 bits per heavy atom. The van der Waals surface area contributed by atoms with Gasteiger partial charge < -0.3 is 9.47 Å². The van der Waals surface area contributed by atoms with Crippen molar-refractivity contribution >= 4 is 17.4 Å². The topological polar surface area (TPSA) is 30.8 Å². The van der Waals surface area contributed by atoms with E-state index >= 15 is 0 Å². The van der Waals surface area contributed by atoms with E-state index in [1.807, 2.05) is 20.8 Å². The molecule has 0 atom stereocenters. The minimum atomic E-state index is -0.644. The van der Waals surface area contributed by atoms with Gasteiger partial charge in [0.25, 0.3) is 0 Å². The molecule has 0 rings (SSSR count). The molecule has 0 spiro atoms. The van der Waals surface area contributed by atoms with Gasteiger partial charge in [-0.2, -0.15) is 0 Å². The molecule has 0 aromatic heterocycles. The Morgan fingerprint density at radius 3 is 2.17 bits per heavy atom. The van der Waals surface area contributed by atoms with Crippen LogP contribution in [0.1, 0.15) is 20.8 Å². The highest BCUT2D eigenvalue weighted by Gasteiger charge is 2.23. The second-order valence-electron chi connectivity index (χ2n) is 2.41. The van der Waals surface area contributed by atoms with Crippen molar-refractivity contribution < 1.29 is 9.47 Å². The van der Waals surface area contributed by atoms with E-state index in [0.717, 1.165) is 0 Å². The Kier molecular flexibility index (Phi) is 6.11. The maximum absolute atomic E-state index is 5.37. The minimum absolute atomic E-state index is 0.401. The minimum Gasteiger partial charge on any atom is -0.349 e. The lowest BCUT2D eigenvalue weighted by atomic mass is 10.3. The van der Waals surface area contributed by atoms with E-state index < -0.39 is 5.79 Å². The van der Waals surface area contributed by atoms with E-state index in [-0.39, 0.29) is 0 Å². The van der Waals surface area contributed by atoms with Crippen LogP contribution in [0.2, 0.25) is 0 Å². The molecule has 12 heavy (non-hydrogen) atoms. The summed E-state index contributed by atoms with van der Waals surface area (Å²) in [5.41, 5.74) is 0. The summed E-state index contributed by atoms with van der Waals surface area (Å²) in [7, 11) is 0. The zero-order valence-electron chi connectivity index (χ0n) is 7.79. The predicted octanol–water partition coefficient (Wildman–Crippen LogP) is 1.88. The summed E-state index contributed by atoms with van der Waals surface area (Å²) in [4.78, 5) is 3.80. The molecule has 0 saturated heterocycles. The van der Waals surface area contributed by atoms with E-state index in [2.05, 4.69) is 22.4 Å². The summed E-state index contributed by atoms with van der Waals surface area (Å²) in [6, 6.07) is 0. The molecule has 0 N–H and O–H groups in total. The van der Waals surface area contributed by atoms with Gasteiger partial charge >= 0.3 is 0 Å². The molecule has 0 aliphatic heterocycles. The third kappa shape index (κ3) is 4.57. The summed E-state index contributed by atoms with van der Waals surface area (Å²) >= 11 is 4.46. The first-order chi connectivity index (χ1) is 5.68. The first-order valence-corrected chi connectivity index (χ1v) is 4.41. The van der Waals surface area contributed by atoms with Gasteiger partial charge in [-0.3, -0.25) is 0 Å². The van der Waals surface area contributed by atoms with Crippen LogP contribution in [0.25, 0.3) is 0 Å². The Balaban J connectivity index is 4.06. The van der Waals surface area contributed by atoms with Gasteiger partial charge in [0.05, 0.1) is 5.16 Å². The van der Waals surface area contributed by atoms with Gasteiger partial charge in [-0.15, -0.1) is 0 Å². The van der Waals surface area contributed by atoms with Gasteiger partial charge in [0.2, 0.25) is 0 Å². The number of ether oxygens (including phenoxy) is 2. The van der Waals surface area contributed by atoms with Crippen LogP contribution in [0.5, 0.6) is 0 Å². The van der Waals surface area contributed by atoms with E-state index in [9.17, 15) is 0 Å². The Morgan fingerprint density at radius 1 is 1.33 bits per heavy atom. The number of nitrogens with zero attached hydrogens (tertiary/aromatic N) is 1. The molecule has 4 heteroatoms. The SMILES string of the molecule is CCOC(C)(CN=C=S)OCC. The Bertz CT molecular complexity index is 160. The third-order valence-corrected chi connectivity index (χ3v) is 1.46. The van der Waals surface area contributed by atoms with Crippen LogP contribution in [-0.2, 0) is 9.47 Å². The molecule has 0 aliphatic carbocycles. The molecular weight excluding hydrogens is 174 g/mol. The molecule has 0 heterocycles. The average molecular weight is 189 g/mol. The number of isothiocyanates is 1. The fourth-order valence-electron chi connectivity index (χ4n) is 0.919. The van der Waals surface area contributed by atoms with Crippen LogP contribution in [0.15, 0.2) is 4.99 Å². The summed E-state index contributed by atoms with van der Waals surface area (Å²) in [6.45, 7) is 7.28. The average Bonchev–Trinajstić information content (AvgIpc) is 2.02. The smallest absolute Gasteiger partial charge is 0.185 e. The first kappa shape index (κ1) is 11.7. The van der Waals surface area contributed by atoms with Crippen molar-refractivity contribution in [1.29, 1.82) is 0 Å². The summed E-state index contributed by atoms with van der Waals surface area (Å²) in [6.07, 6.45) is 0. The van der Waals surface area contributed by atoms with Gasteiger partial charge in [-0.25, -0.2) is 4.99 Å². The monoisotopic (exact) mass is 189 g/mol. The summed E-state index contributed by atoms with van der Waals surface area (Å²) < 4.78 is 10.7. The molecule has 0 aromatic carbocycles. The van der Waals surface area contributed by atoms with Gasteiger partial charge in [-0.05, 0) is 33.0 Å². The summed E-state index contributed by atoms with van der Waals surface area (Å²) in [5.74, 6) is -0.644. The van der Waals surface area contributed by atoms with Crippen molar-refractivity contribution in [2.75, 3.05) is 19.8 Å². The Hall–Kier alpha value is -0.280. The van der Waals surface area contributed by atoms with Gasteiger partial charge in [-0.1, -0.05) is 0 Å². The zero-order chi connectivity index (χ0) is 9.45. The van der Waals surface area contributed by atoms with Crippen molar-refractivity contribution in [1.82, 2.24) is 0 Å². The maximum atomic E-state index is 5.37. The van der Waals surface area contributed by atoms with Crippen LogP contribution in [-0.4, -0.2) is 30.7 Å². The number of thiocarbonyl (C=S) groups is 1. The molecular formula is C8H15NO2S. The molecule has 0 radical (unpaired) electrons. The fourth-order valence-corrected chi connectivity index (χ4v) is 0.984. The van der Waals surface area contributed by atoms with Crippen molar-refractivity contribution in [3.05, 3.63) is 0 Å². The molecule has 0 aliphatic rings. The molecule has 0 unspecified atom stereocenters. The van der Waals surface area contributed by atoms with Crippen LogP contribution in [0.4, 0.5) is 0 Å². The van der Waals surface area contributed by atoms with Gasteiger partial charge in [0.1, 0.15) is 6.54 Å². The van der Waals surface area contributed by atoms with E-state index in [1.54, 1.807) is 0 Å². The largest absolute Gasteiger partial charge is 0.349 e. The van der Waals surface area contributed by atoms with Crippen molar-refractivity contribution in [3.8, 4) is 0 Å². The molecule has 3 nitrogen and oxygen atoms in total. The normalized spacial score (nSPS) is 10.9. The lowest BCUT2D eigenvalue weighted by Gasteiger charge is -2.26. The van der Waals surface area contributed by atoms with E-state index in [0.29, 0.717) is 19.8 Å². The van der Waals surface area contributed by atoms with Gasteiger partial charge in [0.15, 0.2) is 5.79 Å². The van der Waals surface area contributed by atoms with Crippen LogP contribution >= 0.6 is 12.2 Å². The van der Waals surface area contributed by atoms with E-state index in [1.165, 1.54) is 0 Å². The molecule has 0 bridgehead atoms. The highest BCUT2D eigenvalue weighted by atomic mass is 32.1. The molecule has 0 amide bonds. The molecule has 0 fully saturated rings. The number of rotatable bonds is 6. The number of hydrogen-bond acceptors (Lipinski definition) is 4. The van der Waals surface area contributed by atoms with Crippen molar-refractivity contribution in [2.24, 2.45) is 4.99 Å². The quantitative estimate of drug-likeness (QED) is 0.363. The Labute approximate surface area is 78.8 Å². The molecule has 70 valence electrons. The predicted molar refractivity (Wildman–Crippen MR) is 51.6 cm³/mol. The first-order valence-electron chi connectivity index (χ1n) is 4.00. The zero-order valence-corrected chi connectivity index (χ0v) is 8.61. The second kappa shape index (κ2) is 6.26. The fraction of sp³-hybridized carbons (Fsp3) is 0.875.